The molecule has 0 saturated heterocycles. The summed E-state index contributed by atoms with van der Waals surface area (Å²) < 4.78 is 54.4. The molecular weight excluding hydrogens is 562 g/mol. The Morgan fingerprint density at radius 2 is 1.25 bits per heavy atom. The van der Waals surface area contributed by atoms with Gasteiger partial charge >= 0.3 is 0 Å². The third kappa shape index (κ3) is 13.3. The molecule has 28 heavy (non-hydrogen) atoms. The van der Waals surface area contributed by atoms with Gasteiger partial charge in [-0.1, -0.05) is 44.0 Å². The highest BCUT2D eigenvalue weighted by Crippen LogP contribution is 2.18. The predicted octanol–water partition coefficient (Wildman–Crippen LogP) is 3.51. The van der Waals surface area contributed by atoms with Crippen molar-refractivity contribution in [1.82, 2.24) is 0 Å². The number of ether oxygens (including phenoxy) is 2. The Morgan fingerprint density at radius 1 is 0.821 bits per heavy atom. The Morgan fingerprint density at radius 3 is 1.61 bits per heavy atom. The van der Waals surface area contributed by atoms with Crippen LogP contribution < -0.4 is 14.6 Å². The summed E-state index contributed by atoms with van der Waals surface area (Å²) in [4.78, 5) is 0. The van der Waals surface area contributed by atoms with Crippen LogP contribution in [0.4, 0.5) is 0 Å². The van der Waals surface area contributed by atoms with Crippen LogP contribution in [0.15, 0.2) is 57.5 Å². The Labute approximate surface area is 185 Å². The molecule has 0 saturated carbocycles. The van der Waals surface area contributed by atoms with Gasteiger partial charge in [-0.25, -0.2) is 22.0 Å². The van der Waals surface area contributed by atoms with Crippen LogP contribution in [-0.2, 0) is 19.1 Å². The number of hydrogen-bond acceptors (Lipinski definition) is 6. The molecule has 0 heterocycles. The molecule has 2 N–H and O–H groups in total. The highest BCUT2D eigenvalue weighted by atomic mass is 79.9. The lowest BCUT2D eigenvalue weighted by Crippen LogP contribution is -2.21. The second kappa shape index (κ2) is 12.0. The lowest BCUT2D eigenvalue weighted by molar-refractivity contribution is 0.340. The van der Waals surface area contributed by atoms with Crippen LogP contribution in [0.2, 0.25) is 0 Å². The molecule has 0 aromatic heterocycles. The Hall–Kier alpha value is -0.850. The molecule has 7 nitrogen and oxygen atoms in total. The monoisotopic (exact) mass is 577 g/mol. The smallest absolute Gasteiger partial charge is 0.235 e. The number of primary sulfonamides is 1. The van der Waals surface area contributed by atoms with Gasteiger partial charge in [-0.15, -0.1) is 0 Å². The summed E-state index contributed by atoms with van der Waals surface area (Å²) in [7, 11) is -1.90. The van der Waals surface area contributed by atoms with Gasteiger partial charge in [0, 0.05) is 19.6 Å². The van der Waals surface area contributed by atoms with E-state index in [-0.39, 0.29) is 24.7 Å². The van der Waals surface area contributed by atoms with E-state index < -0.39 is 19.1 Å². The molecule has 0 fully saturated rings. The summed E-state index contributed by atoms with van der Waals surface area (Å²) in [5.41, 5.74) is 0. The minimum atomic E-state index is -3.47. The molecule has 0 unspecified atom stereocenters. The molecule has 2 rings (SSSR count). The van der Waals surface area contributed by atoms with E-state index in [1.165, 1.54) is 0 Å². The van der Waals surface area contributed by atoms with Crippen molar-refractivity contribution in [1.29, 1.82) is 0 Å². The van der Waals surface area contributed by atoms with E-state index in [9.17, 15) is 16.8 Å². The van der Waals surface area contributed by atoms with E-state index in [0.717, 1.165) is 8.95 Å². The summed E-state index contributed by atoms with van der Waals surface area (Å²) >= 11 is 6.54. The summed E-state index contributed by atoms with van der Waals surface area (Å²) in [6.07, 6.45) is 0. The average Bonchev–Trinajstić information content (AvgIpc) is 2.53. The van der Waals surface area contributed by atoms with E-state index in [1.54, 1.807) is 36.4 Å². The number of hydrogen-bond donors (Lipinski definition) is 1. The molecule has 0 bridgehead atoms. The maximum Gasteiger partial charge on any atom is 0.235 e. The first kappa shape index (κ1) is 25.2. The molecule has 2 aromatic rings. The molecule has 0 aliphatic carbocycles. The zero-order chi connectivity index (χ0) is 21.2. The maximum absolute atomic E-state index is 10.6. The maximum atomic E-state index is 10.6. The van der Waals surface area contributed by atoms with Crippen LogP contribution >= 0.6 is 42.5 Å². The summed E-state index contributed by atoms with van der Waals surface area (Å²) in [6, 6.07) is 14.3. The molecule has 156 valence electrons. The van der Waals surface area contributed by atoms with Gasteiger partial charge in [-0.2, -0.15) is 0 Å². The SMILES string of the molecule is NS(=O)(=O)CCOc1cccc(Br)c1.O=S(=O)(Cl)CCOc1cccc(Br)c1. The van der Waals surface area contributed by atoms with Gasteiger partial charge in [0.1, 0.15) is 24.7 Å². The van der Waals surface area contributed by atoms with Gasteiger partial charge in [-0.05, 0) is 36.4 Å². The van der Waals surface area contributed by atoms with Crippen molar-refractivity contribution >= 4 is 61.6 Å². The van der Waals surface area contributed by atoms with E-state index in [4.69, 9.17) is 25.3 Å². The first-order valence-corrected chi connectivity index (χ1v) is 13.4. The normalized spacial score (nSPS) is 11.3. The highest BCUT2D eigenvalue weighted by molar-refractivity contribution is 9.10. The lowest BCUT2D eigenvalue weighted by atomic mass is 10.3. The van der Waals surface area contributed by atoms with Gasteiger partial charge in [0.2, 0.25) is 19.1 Å². The summed E-state index contributed by atoms with van der Waals surface area (Å²) in [6.45, 7) is 0.123. The van der Waals surface area contributed by atoms with Crippen molar-refractivity contribution in [2.75, 3.05) is 24.7 Å². The highest BCUT2D eigenvalue weighted by Gasteiger charge is 2.05. The van der Waals surface area contributed by atoms with Crippen molar-refractivity contribution in [3.63, 3.8) is 0 Å². The van der Waals surface area contributed by atoms with Gasteiger partial charge in [0.25, 0.3) is 0 Å². The van der Waals surface area contributed by atoms with Crippen molar-refractivity contribution < 1.29 is 26.3 Å². The number of sulfonamides is 1. The van der Waals surface area contributed by atoms with Gasteiger partial charge in [0.15, 0.2) is 0 Å². The predicted molar refractivity (Wildman–Crippen MR) is 117 cm³/mol. The summed E-state index contributed by atoms with van der Waals surface area (Å²) in [5.74, 6) is 0.850. The third-order valence-corrected chi connectivity index (χ3v) is 5.66. The standard InChI is InChI=1S/C8H8BrClO3S.C8H10BrNO3S/c2*9-7-2-1-3-8(6-7)13-4-5-14(10,11)12/h1-3,6H,4-5H2;1-3,6H,4-5H2,(H2,10,11,12). The minimum Gasteiger partial charge on any atom is -0.492 e. The second-order valence-electron chi connectivity index (χ2n) is 5.22. The van der Waals surface area contributed by atoms with Crippen LogP contribution in [0.5, 0.6) is 11.5 Å². The zero-order valence-corrected chi connectivity index (χ0v) is 20.0. The quantitative estimate of drug-likeness (QED) is 0.479. The Kier molecular flexibility index (Phi) is 10.8. The van der Waals surface area contributed by atoms with Crippen molar-refractivity contribution in [2.45, 2.75) is 0 Å². The van der Waals surface area contributed by atoms with Gasteiger partial charge in [0.05, 0.1) is 11.5 Å². The molecule has 0 spiro atoms. The van der Waals surface area contributed by atoms with Gasteiger partial charge < -0.3 is 9.47 Å². The molecule has 0 aliphatic rings. The first-order valence-electron chi connectivity index (χ1n) is 7.64. The Bertz CT molecular complexity index is 891. The molecule has 0 atom stereocenters. The van der Waals surface area contributed by atoms with Crippen molar-refractivity contribution in [3.05, 3.63) is 57.5 Å². The average molecular weight is 580 g/mol. The topological polar surface area (TPSA) is 113 Å². The van der Waals surface area contributed by atoms with Gasteiger partial charge in [-0.3, -0.25) is 0 Å². The largest absolute Gasteiger partial charge is 0.492 e. The molecule has 0 aliphatic heterocycles. The number of rotatable bonds is 8. The molecule has 0 amide bonds. The van der Waals surface area contributed by atoms with E-state index >= 15 is 0 Å². The molecular formula is C16H18Br2ClNO6S2. The van der Waals surface area contributed by atoms with Crippen LogP contribution in [0.25, 0.3) is 0 Å². The minimum absolute atomic E-state index is 0.0578. The lowest BCUT2D eigenvalue weighted by Gasteiger charge is -2.04. The van der Waals surface area contributed by atoms with E-state index in [0.29, 0.717) is 11.5 Å². The molecule has 12 heteroatoms. The zero-order valence-electron chi connectivity index (χ0n) is 14.4. The van der Waals surface area contributed by atoms with Crippen LogP contribution in [0.1, 0.15) is 0 Å². The van der Waals surface area contributed by atoms with E-state index in [2.05, 4.69) is 31.9 Å². The summed E-state index contributed by atoms with van der Waals surface area (Å²) in [5, 5.41) is 4.81. The van der Waals surface area contributed by atoms with Crippen LogP contribution in [-0.4, -0.2) is 41.6 Å². The van der Waals surface area contributed by atoms with Crippen molar-refractivity contribution in [3.8, 4) is 11.5 Å². The third-order valence-electron chi connectivity index (χ3n) is 2.82. The fourth-order valence-electron chi connectivity index (χ4n) is 1.65. The molecule has 2 aromatic carbocycles. The second-order valence-corrected chi connectivity index (χ2v) is 11.7. The Balaban J connectivity index is 0.000000280. The van der Waals surface area contributed by atoms with Crippen molar-refractivity contribution in [2.24, 2.45) is 5.14 Å². The fourth-order valence-corrected chi connectivity index (χ4v) is 3.19. The first-order chi connectivity index (χ1) is 12.9. The number of nitrogens with two attached hydrogens (primary N) is 1. The number of halogens is 3. The van der Waals surface area contributed by atoms with E-state index in [1.807, 2.05) is 12.1 Å². The fraction of sp³-hybridized carbons (Fsp3) is 0.250. The van der Waals surface area contributed by atoms with Crippen LogP contribution in [0.3, 0.4) is 0 Å². The number of benzene rings is 2. The molecule has 0 radical (unpaired) electrons. The van der Waals surface area contributed by atoms with Crippen LogP contribution in [0, 0.1) is 0 Å².